The molecule has 10 heteroatoms. The van der Waals surface area contributed by atoms with E-state index < -0.39 is 23.8 Å². The highest BCUT2D eigenvalue weighted by molar-refractivity contribution is 7.14. The van der Waals surface area contributed by atoms with Crippen LogP contribution in [0.1, 0.15) is 106 Å². The first-order valence-electron chi connectivity index (χ1n) is 18.2. The maximum Gasteiger partial charge on any atom is 0.326 e. The molecular formula is C42H51N3O6S. The summed E-state index contributed by atoms with van der Waals surface area (Å²) in [5.74, 6) is -1.81. The summed E-state index contributed by atoms with van der Waals surface area (Å²) in [6.07, 6.45) is 9.48. The third kappa shape index (κ3) is 11.9. The number of ketones is 2. The van der Waals surface area contributed by atoms with Gasteiger partial charge in [0, 0.05) is 53.6 Å². The largest absolute Gasteiger partial charge is 0.494 e. The topological polar surface area (TPSA) is 136 Å². The standard InChI is InChI=1S/C42H51N3O6S/c1-6-8-9-10-11-22-51-34-18-16-29(17-19-34)32-26-43-39(44-27-32)30-14-12-28(13-15-30)23-31(40(48)45-35(41(49)50)25-33(46)7-2)24-36(47)37-20-21-38(52-37)42(3,4)5/h12-21,26-27,31,35H,6-11,22-25H2,1-5H3,(H,45,48)(H,49,50)/t31-,35-/m1/s1. The van der Waals surface area contributed by atoms with Crippen LogP contribution in [0.2, 0.25) is 0 Å². The number of carboxylic acid groups (broad SMARTS) is 1. The van der Waals surface area contributed by atoms with Crippen molar-refractivity contribution in [3.05, 3.63) is 88.4 Å². The van der Waals surface area contributed by atoms with E-state index in [1.165, 1.54) is 37.0 Å². The highest BCUT2D eigenvalue weighted by atomic mass is 32.1. The number of carboxylic acids is 1. The van der Waals surface area contributed by atoms with Gasteiger partial charge in [-0.2, -0.15) is 0 Å². The van der Waals surface area contributed by atoms with E-state index in [4.69, 9.17) is 4.74 Å². The summed E-state index contributed by atoms with van der Waals surface area (Å²) in [5.41, 5.74) is 3.31. The molecule has 0 spiro atoms. The zero-order valence-electron chi connectivity index (χ0n) is 30.9. The minimum absolute atomic E-state index is 0.109. The van der Waals surface area contributed by atoms with Crippen LogP contribution in [0.15, 0.2) is 73.1 Å². The van der Waals surface area contributed by atoms with Crippen LogP contribution in [0.25, 0.3) is 22.5 Å². The molecule has 2 N–H and O–H groups in total. The lowest BCUT2D eigenvalue weighted by Gasteiger charge is -2.20. The summed E-state index contributed by atoms with van der Waals surface area (Å²) >= 11 is 1.40. The molecule has 0 fully saturated rings. The van der Waals surface area contributed by atoms with Gasteiger partial charge < -0.3 is 15.2 Å². The molecule has 1 amide bonds. The first-order valence-corrected chi connectivity index (χ1v) is 19.0. The predicted molar refractivity (Wildman–Crippen MR) is 206 cm³/mol. The summed E-state index contributed by atoms with van der Waals surface area (Å²) < 4.78 is 5.89. The molecule has 4 rings (SSSR count). The van der Waals surface area contributed by atoms with Gasteiger partial charge in [0.2, 0.25) is 5.91 Å². The second-order valence-corrected chi connectivity index (χ2v) is 15.3. The normalized spacial score (nSPS) is 12.6. The van der Waals surface area contributed by atoms with Crippen molar-refractivity contribution in [3.8, 4) is 28.3 Å². The number of thiophene rings is 1. The van der Waals surface area contributed by atoms with Gasteiger partial charge in [0.05, 0.1) is 11.5 Å². The molecule has 2 heterocycles. The van der Waals surface area contributed by atoms with Crippen molar-refractivity contribution >= 4 is 34.8 Å². The van der Waals surface area contributed by atoms with E-state index >= 15 is 0 Å². The van der Waals surface area contributed by atoms with Gasteiger partial charge in [-0.05, 0) is 53.6 Å². The van der Waals surface area contributed by atoms with Gasteiger partial charge in [0.15, 0.2) is 11.6 Å². The maximum atomic E-state index is 13.5. The van der Waals surface area contributed by atoms with Gasteiger partial charge in [0.1, 0.15) is 17.6 Å². The van der Waals surface area contributed by atoms with Crippen molar-refractivity contribution < 1.29 is 29.0 Å². The average Bonchev–Trinajstić information content (AvgIpc) is 3.65. The summed E-state index contributed by atoms with van der Waals surface area (Å²) in [4.78, 5) is 61.7. The molecule has 0 aliphatic rings. The number of unbranched alkanes of at least 4 members (excludes halogenated alkanes) is 4. The van der Waals surface area contributed by atoms with Crippen molar-refractivity contribution in [3.63, 3.8) is 0 Å². The molecule has 9 nitrogen and oxygen atoms in total. The van der Waals surface area contributed by atoms with Crippen molar-refractivity contribution in [2.75, 3.05) is 6.61 Å². The third-order valence-corrected chi connectivity index (χ3v) is 10.5. The summed E-state index contributed by atoms with van der Waals surface area (Å²) in [6.45, 7) is 10.8. The number of hydrogen-bond acceptors (Lipinski definition) is 8. The van der Waals surface area contributed by atoms with Crippen molar-refractivity contribution in [1.82, 2.24) is 15.3 Å². The van der Waals surface area contributed by atoms with E-state index in [1.54, 1.807) is 25.4 Å². The second-order valence-electron chi connectivity index (χ2n) is 14.2. The number of carbonyl (C=O) groups is 4. The van der Waals surface area contributed by atoms with Crippen LogP contribution >= 0.6 is 11.3 Å². The van der Waals surface area contributed by atoms with Crippen LogP contribution in [-0.2, 0) is 26.2 Å². The van der Waals surface area contributed by atoms with E-state index in [9.17, 15) is 24.3 Å². The van der Waals surface area contributed by atoms with Crippen molar-refractivity contribution in [1.29, 1.82) is 0 Å². The van der Waals surface area contributed by atoms with Crippen LogP contribution in [-0.4, -0.2) is 51.2 Å². The Hall–Kier alpha value is -4.70. The average molecular weight is 726 g/mol. The lowest BCUT2D eigenvalue weighted by Crippen LogP contribution is -2.45. The number of nitrogens with zero attached hydrogens (tertiary/aromatic N) is 2. The molecule has 0 saturated carbocycles. The summed E-state index contributed by atoms with van der Waals surface area (Å²) in [5, 5.41) is 12.2. The molecule has 4 aromatic rings. The Bertz CT molecular complexity index is 1780. The minimum atomic E-state index is -1.37. The van der Waals surface area contributed by atoms with E-state index in [0.29, 0.717) is 17.3 Å². The lowest BCUT2D eigenvalue weighted by molar-refractivity contribution is -0.144. The highest BCUT2D eigenvalue weighted by Gasteiger charge is 2.30. The number of rotatable bonds is 20. The van der Waals surface area contributed by atoms with Gasteiger partial charge in [-0.3, -0.25) is 14.4 Å². The Morgan fingerprint density at radius 2 is 1.46 bits per heavy atom. The fraction of sp³-hybridized carbons (Fsp3) is 0.429. The van der Waals surface area contributed by atoms with E-state index in [1.807, 2.05) is 54.6 Å². The smallest absolute Gasteiger partial charge is 0.326 e. The quantitative estimate of drug-likeness (QED) is 0.0681. The van der Waals surface area contributed by atoms with Crippen LogP contribution in [0.4, 0.5) is 0 Å². The number of amides is 1. The molecule has 0 saturated heterocycles. The Labute approximate surface area is 311 Å². The van der Waals surface area contributed by atoms with Crippen LogP contribution in [0.5, 0.6) is 5.75 Å². The SMILES string of the molecule is CCCCCCCOc1ccc(-c2cnc(-c3ccc(C[C@H](CC(=O)c4ccc(C(C)(C)C)s4)C(=O)N[C@H](CC(=O)CC)C(=O)O)cc3)nc2)cc1. The number of aliphatic carboxylic acids is 1. The van der Waals surface area contributed by atoms with Crippen molar-refractivity contribution in [2.24, 2.45) is 5.92 Å². The van der Waals surface area contributed by atoms with Crippen LogP contribution < -0.4 is 10.1 Å². The molecule has 0 bridgehead atoms. The molecule has 0 aliphatic carbocycles. The van der Waals surface area contributed by atoms with Gasteiger partial charge >= 0.3 is 5.97 Å². The molecule has 2 aromatic carbocycles. The number of carbonyl (C=O) groups excluding carboxylic acids is 3. The monoisotopic (exact) mass is 725 g/mol. The molecular weight excluding hydrogens is 675 g/mol. The minimum Gasteiger partial charge on any atom is -0.494 e. The Balaban J connectivity index is 1.44. The Kier molecular flexibility index (Phi) is 14.8. The molecule has 2 aromatic heterocycles. The number of hydrogen-bond donors (Lipinski definition) is 2. The molecule has 0 aliphatic heterocycles. The van der Waals surface area contributed by atoms with E-state index in [-0.39, 0.29) is 42.7 Å². The van der Waals surface area contributed by atoms with E-state index in [2.05, 4.69) is 43.0 Å². The second kappa shape index (κ2) is 19.2. The zero-order valence-corrected chi connectivity index (χ0v) is 31.8. The maximum absolute atomic E-state index is 13.5. The van der Waals surface area contributed by atoms with Gasteiger partial charge in [-0.25, -0.2) is 14.8 Å². The Morgan fingerprint density at radius 1 is 0.808 bits per heavy atom. The molecule has 0 radical (unpaired) electrons. The van der Waals surface area contributed by atoms with E-state index in [0.717, 1.165) is 39.3 Å². The lowest BCUT2D eigenvalue weighted by atomic mass is 9.91. The fourth-order valence-electron chi connectivity index (χ4n) is 5.67. The summed E-state index contributed by atoms with van der Waals surface area (Å²) in [7, 11) is 0. The van der Waals surface area contributed by atoms with Crippen LogP contribution in [0.3, 0.4) is 0 Å². The molecule has 0 unspecified atom stereocenters. The number of nitrogens with one attached hydrogen (secondary N) is 1. The highest BCUT2D eigenvalue weighted by Crippen LogP contribution is 2.31. The van der Waals surface area contributed by atoms with Crippen molar-refractivity contribution in [2.45, 2.75) is 104 Å². The van der Waals surface area contributed by atoms with Gasteiger partial charge in [0.25, 0.3) is 0 Å². The fourth-order valence-corrected chi connectivity index (χ4v) is 6.69. The molecule has 52 heavy (non-hydrogen) atoms. The zero-order chi connectivity index (χ0) is 37.7. The molecule has 2 atom stereocenters. The van der Waals surface area contributed by atoms with Gasteiger partial charge in [-0.15, -0.1) is 11.3 Å². The first-order chi connectivity index (χ1) is 24.9. The Morgan fingerprint density at radius 3 is 2.06 bits per heavy atom. The first kappa shape index (κ1) is 40.1. The predicted octanol–water partition coefficient (Wildman–Crippen LogP) is 8.89. The molecule has 276 valence electrons. The number of ether oxygens (including phenoxy) is 1. The third-order valence-electron chi connectivity index (χ3n) is 8.91. The number of Topliss-reactive ketones (excluding diaryl/α,β-unsaturated/α-hetero) is 2. The summed E-state index contributed by atoms with van der Waals surface area (Å²) in [6, 6.07) is 17.7. The number of aromatic nitrogens is 2. The number of benzene rings is 2. The van der Waals surface area contributed by atoms with Crippen LogP contribution in [0, 0.1) is 5.92 Å². The van der Waals surface area contributed by atoms with Gasteiger partial charge in [-0.1, -0.05) is 96.7 Å².